The van der Waals surface area contributed by atoms with Gasteiger partial charge in [0.15, 0.2) is 0 Å². The van der Waals surface area contributed by atoms with Gasteiger partial charge in [-0.3, -0.25) is 9.59 Å². The Balaban J connectivity index is 1.18. The third-order valence-electron chi connectivity index (χ3n) is 5.15. The standard InChI is InChI=1S/C21H18N10O2/c1-11(25-21(33)15-7-17-19(23-10-15)29-31-27-17)13-4-2-12(3-5-13)8-24-20(32)14-6-16-18(22-9-14)28-30-26-16/h2-7,9-11H,8H2,1H3,(H,24,32)(H,25,33)(H,22,26,28,30)(H,23,27,29,31). The maximum Gasteiger partial charge on any atom is 0.253 e. The van der Waals surface area contributed by atoms with Crippen molar-refractivity contribution in [3.63, 3.8) is 0 Å². The smallest absolute Gasteiger partial charge is 0.253 e. The van der Waals surface area contributed by atoms with Crippen molar-refractivity contribution in [2.45, 2.75) is 19.5 Å². The largest absolute Gasteiger partial charge is 0.348 e. The number of nitrogens with one attached hydrogen (secondary N) is 4. The summed E-state index contributed by atoms with van der Waals surface area (Å²) < 4.78 is 0. The second-order valence-electron chi connectivity index (χ2n) is 7.40. The molecule has 12 nitrogen and oxygen atoms in total. The average molecular weight is 442 g/mol. The van der Waals surface area contributed by atoms with E-state index in [2.05, 4.69) is 51.4 Å². The van der Waals surface area contributed by atoms with Crippen molar-refractivity contribution >= 4 is 34.1 Å². The minimum absolute atomic E-state index is 0.227. The highest BCUT2D eigenvalue weighted by molar-refractivity contribution is 5.97. The lowest BCUT2D eigenvalue weighted by atomic mass is 10.1. The van der Waals surface area contributed by atoms with Crippen molar-refractivity contribution in [3.8, 4) is 0 Å². The molecule has 0 fully saturated rings. The second kappa shape index (κ2) is 8.42. The van der Waals surface area contributed by atoms with Gasteiger partial charge in [-0.25, -0.2) is 9.97 Å². The molecule has 4 heterocycles. The number of hydrogen-bond donors (Lipinski definition) is 4. The first kappa shape index (κ1) is 20.2. The molecule has 1 aromatic carbocycles. The summed E-state index contributed by atoms with van der Waals surface area (Å²) in [6.07, 6.45) is 2.93. The topological polar surface area (TPSA) is 167 Å². The predicted molar refractivity (Wildman–Crippen MR) is 117 cm³/mol. The van der Waals surface area contributed by atoms with Gasteiger partial charge in [0.05, 0.1) is 17.2 Å². The molecule has 5 aromatic rings. The van der Waals surface area contributed by atoms with Crippen LogP contribution in [0, 0.1) is 0 Å². The molecule has 0 aliphatic heterocycles. The van der Waals surface area contributed by atoms with E-state index >= 15 is 0 Å². The molecule has 1 atom stereocenters. The minimum Gasteiger partial charge on any atom is -0.348 e. The van der Waals surface area contributed by atoms with Crippen LogP contribution < -0.4 is 10.6 Å². The summed E-state index contributed by atoms with van der Waals surface area (Å²) in [7, 11) is 0. The van der Waals surface area contributed by atoms with E-state index in [4.69, 9.17) is 0 Å². The van der Waals surface area contributed by atoms with E-state index < -0.39 is 0 Å². The SMILES string of the molecule is CC(NC(=O)c1cnc2n[nH]nc2c1)c1ccc(CNC(=O)c2cnc3n[nH]nc3c2)cc1. The van der Waals surface area contributed by atoms with Crippen LogP contribution in [0.5, 0.6) is 0 Å². The third-order valence-corrected chi connectivity index (χ3v) is 5.15. The van der Waals surface area contributed by atoms with Crippen LogP contribution in [0.25, 0.3) is 22.3 Å². The Kier molecular flexibility index (Phi) is 5.15. The maximum absolute atomic E-state index is 12.6. The Bertz CT molecular complexity index is 1460. The number of carbonyl (C=O) groups excluding carboxylic acids is 2. The van der Waals surface area contributed by atoms with Gasteiger partial charge in [-0.1, -0.05) is 24.3 Å². The molecule has 0 saturated carbocycles. The summed E-state index contributed by atoms with van der Waals surface area (Å²) in [6.45, 7) is 2.24. The summed E-state index contributed by atoms with van der Waals surface area (Å²) in [4.78, 5) is 33.2. The van der Waals surface area contributed by atoms with Crippen molar-refractivity contribution in [3.05, 3.63) is 71.0 Å². The van der Waals surface area contributed by atoms with Crippen molar-refractivity contribution in [2.24, 2.45) is 0 Å². The maximum atomic E-state index is 12.6. The van der Waals surface area contributed by atoms with Crippen LogP contribution in [0.3, 0.4) is 0 Å². The quantitative estimate of drug-likeness (QED) is 0.306. The highest BCUT2D eigenvalue weighted by atomic mass is 16.2. The lowest BCUT2D eigenvalue weighted by Gasteiger charge is -2.15. The molecule has 0 bridgehead atoms. The molecule has 4 N–H and O–H groups in total. The Morgan fingerprint density at radius 2 is 1.42 bits per heavy atom. The first-order valence-electron chi connectivity index (χ1n) is 10.1. The summed E-state index contributed by atoms with van der Waals surface area (Å²) in [5, 5.41) is 26.4. The summed E-state index contributed by atoms with van der Waals surface area (Å²) in [6, 6.07) is 10.7. The Labute approximate surface area is 186 Å². The van der Waals surface area contributed by atoms with Gasteiger partial charge in [0.2, 0.25) is 11.3 Å². The molecule has 2 amide bonds. The van der Waals surface area contributed by atoms with E-state index in [-0.39, 0.29) is 17.9 Å². The number of nitrogens with zero attached hydrogens (tertiary/aromatic N) is 6. The first-order chi connectivity index (χ1) is 16.1. The van der Waals surface area contributed by atoms with Gasteiger partial charge in [-0.15, -0.1) is 10.2 Å². The van der Waals surface area contributed by atoms with E-state index in [1.54, 1.807) is 12.1 Å². The third kappa shape index (κ3) is 4.21. The molecule has 1 unspecified atom stereocenters. The zero-order valence-electron chi connectivity index (χ0n) is 17.4. The number of hydrogen-bond acceptors (Lipinski definition) is 8. The first-order valence-corrected chi connectivity index (χ1v) is 10.1. The van der Waals surface area contributed by atoms with Crippen LogP contribution in [-0.4, -0.2) is 52.6 Å². The Morgan fingerprint density at radius 1 is 0.848 bits per heavy atom. The average Bonchev–Trinajstić information content (AvgIpc) is 3.51. The normalized spacial score (nSPS) is 12.0. The fourth-order valence-electron chi connectivity index (χ4n) is 3.30. The summed E-state index contributed by atoms with van der Waals surface area (Å²) in [5.41, 5.74) is 4.62. The lowest BCUT2D eigenvalue weighted by molar-refractivity contribution is 0.0935. The van der Waals surface area contributed by atoms with E-state index in [0.29, 0.717) is 40.0 Å². The van der Waals surface area contributed by atoms with E-state index in [9.17, 15) is 9.59 Å². The highest BCUT2D eigenvalue weighted by Crippen LogP contribution is 2.15. The monoisotopic (exact) mass is 442 g/mol. The Hall–Kier alpha value is -4.74. The minimum atomic E-state index is -0.256. The number of rotatable bonds is 6. The van der Waals surface area contributed by atoms with Crippen LogP contribution in [0.4, 0.5) is 0 Å². The van der Waals surface area contributed by atoms with Crippen LogP contribution in [0.1, 0.15) is 44.8 Å². The lowest BCUT2D eigenvalue weighted by Crippen LogP contribution is -2.27. The molecule has 0 aliphatic carbocycles. The molecule has 0 radical (unpaired) electrons. The second-order valence-corrected chi connectivity index (χ2v) is 7.40. The van der Waals surface area contributed by atoms with Gasteiger partial charge < -0.3 is 10.6 Å². The van der Waals surface area contributed by atoms with Crippen molar-refractivity contribution in [1.29, 1.82) is 0 Å². The fourth-order valence-corrected chi connectivity index (χ4v) is 3.30. The number of aromatic amines is 2. The molecular formula is C21H18N10O2. The van der Waals surface area contributed by atoms with Crippen LogP contribution in [0.15, 0.2) is 48.8 Å². The zero-order chi connectivity index (χ0) is 22.8. The number of benzene rings is 1. The van der Waals surface area contributed by atoms with E-state index in [0.717, 1.165) is 11.1 Å². The van der Waals surface area contributed by atoms with E-state index in [1.165, 1.54) is 12.4 Å². The van der Waals surface area contributed by atoms with Gasteiger partial charge in [-0.2, -0.15) is 20.6 Å². The summed E-state index contributed by atoms with van der Waals surface area (Å²) >= 11 is 0. The molecule has 4 aromatic heterocycles. The van der Waals surface area contributed by atoms with Crippen LogP contribution in [0.2, 0.25) is 0 Å². The molecule has 5 rings (SSSR count). The van der Waals surface area contributed by atoms with Gasteiger partial charge in [0, 0.05) is 18.9 Å². The van der Waals surface area contributed by atoms with Gasteiger partial charge in [0.25, 0.3) is 11.8 Å². The van der Waals surface area contributed by atoms with E-state index in [1.807, 2.05) is 31.2 Å². The van der Waals surface area contributed by atoms with Crippen molar-refractivity contribution < 1.29 is 9.59 Å². The highest BCUT2D eigenvalue weighted by Gasteiger charge is 2.14. The molecule has 0 aliphatic rings. The number of aromatic nitrogens is 8. The van der Waals surface area contributed by atoms with Gasteiger partial charge in [0.1, 0.15) is 11.0 Å². The molecule has 0 spiro atoms. The molecular weight excluding hydrogens is 424 g/mol. The number of amides is 2. The molecule has 33 heavy (non-hydrogen) atoms. The van der Waals surface area contributed by atoms with Crippen LogP contribution in [-0.2, 0) is 6.54 Å². The fraction of sp³-hybridized carbons (Fsp3) is 0.143. The van der Waals surface area contributed by atoms with Crippen LogP contribution >= 0.6 is 0 Å². The zero-order valence-corrected chi connectivity index (χ0v) is 17.4. The molecule has 0 saturated heterocycles. The van der Waals surface area contributed by atoms with Gasteiger partial charge >= 0.3 is 0 Å². The molecule has 12 heteroatoms. The molecule has 164 valence electrons. The predicted octanol–water partition coefficient (Wildman–Crippen LogP) is 1.44. The number of fused-ring (bicyclic) bond motifs is 2. The number of H-pyrrole nitrogens is 2. The number of carbonyl (C=O) groups is 2. The summed E-state index contributed by atoms with van der Waals surface area (Å²) in [5.74, 6) is -0.510. The number of pyridine rings is 2. The van der Waals surface area contributed by atoms with Crippen molar-refractivity contribution in [1.82, 2.24) is 51.4 Å². The van der Waals surface area contributed by atoms with Gasteiger partial charge in [-0.05, 0) is 30.2 Å². The Morgan fingerprint density at radius 3 is 2.03 bits per heavy atom. The van der Waals surface area contributed by atoms with Crippen molar-refractivity contribution in [2.75, 3.05) is 0 Å².